The van der Waals surface area contributed by atoms with Crippen LogP contribution in [0.15, 0.2) is 71.8 Å². The van der Waals surface area contributed by atoms with E-state index in [1.54, 1.807) is 108 Å². The second-order valence-corrected chi connectivity index (χ2v) is 11.0. The molecule has 5 rings (SSSR count). The standard InChI is InChI=1S/C17H15ClN2O3.C11H14O4.C7H7ClN2O.CH2O3.CH4.2K.H/c1-20-15-8-16(18)19-9-11(15)6-14(17(20)21)10-4-12(22-2)7-13(5-10)23-3;1-13-9-4-8(6-11(12)15-3)5-10(7-9)14-2;1-9-6-2-7(8)10-3-5(6)4-11;2-1-4-3;;;;/h4-9H,1-3H3;4-5,7H,6H2,1-3H3;2-4H,1H3,(H,9,10);1,3H;1H4;;;/q;;;;;2*+1;-1/p-1. The van der Waals surface area contributed by atoms with E-state index in [0.29, 0.717) is 50.1 Å². The minimum atomic E-state index is -0.287. The zero-order valence-electron chi connectivity index (χ0n) is 32.8. The summed E-state index contributed by atoms with van der Waals surface area (Å²) in [6.45, 7) is -0.181. The number of carbonyl (C=O) groups excluding carboxylic acids is 3. The van der Waals surface area contributed by atoms with E-state index >= 15 is 0 Å². The molecule has 0 amide bonds. The fourth-order valence-corrected chi connectivity index (χ4v) is 4.78. The summed E-state index contributed by atoms with van der Waals surface area (Å²) in [4.78, 5) is 53.2. The number of fused-ring (bicyclic) bond motifs is 1. The van der Waals surface area contributed by atoms with E-state index in [4.69, 9.17) is 52.2 Å². The zero-order chi connectivity index (χ0) is 39.5. The van der Waals surface area contributed by atoms with Crippen molar-refractivity contribution in [3.8, 4) is 34.1 Å². The second-order valence-electron chi connectivity index (χ2n) is 10.2. The number of anilines is 1. The van der Waals surface area contributed by atoms with Crippen molar-refractivity contribution < 1.29 is 152 Å². The van der Waals surface area contributed by atoms with Crippen molar-refractivity contribution >= 4 is 58.5 Å². The Morgan fingerprint density at radius 1 is 0.821 bits per heavy atom. The largest absolute Gasteiger partial charge is 1.00 e. The van der Waals surface area contributed by atoms with Crippen molar-refractivity contribution in [1.82, 2.24) is 14.5 Å². The number of halogens is 2. The topological polar surface area (TPSA) is 189 Å². The number of carbonyl (C=O) groups is 3. The summed E-state index contributed by atoms with van der Waals surface area (Å²) in [7, 11) is 11.1. The number of esters is 1. The third-order valence-corrected chi connectivity index (χ3v) is 7.48. The average Bonchev–Trinajstić information content (AvgIpc) is 3.19. The van der Waals surface area contributed by atoms with Gasteiger partial charge in [0.05, 0.1) is 53.0 Å². The van der Waals surface area contributed by atoms with Crippen LogP contribution >= 0.6 is 23.2 Å². The van der Waals surface area contributed by atoms with Gasteiger partial charge in [0.1, 0.15) is 33.3 Å². The third-order valence-electron chi connectivity index (χ3n) is 7.06. The number of aromatic nitrogens is 3. The predicted octanol–water partition coefficient (Wildman–Crippen LogP) is -0.529. The number of hydrogen-bond donors (Lipinski definition) is 1. The third kappa shape index (κ3) is 17.5. The molecule has 5 aromatic rings. The van der Waals surface area contributed by atoms with Gasteiger partial charge in [-0.2, -0.15) is 0 Å². The fourth-order valence-electron chi connectivity index (χ4n) is 4.47. The summed E-state index contributed by atoms with van der Waals surface area (Å²) >= 11 is 11.5. The maximum absolute atomic E-state index is 12.7. The van der Waals surface area contributed by atoms with Crippen molar-refractivity contribution in [2.24, 2.45) is 7.05 Å². The summed E-state index contributed by atoms with van der Waals surface area (Å²) in [5, 5.41) is 12.8. The van der Waals surface area contributed by atoms with E-state index in [0.717, 1.165) is 28.3 Å². The molecule has 56 heavy (non-hydrogen) atoms. The van der Waals surface area contributed by atoms with Crippen LogP contribution in [-0.2, 0) is 32.7 Å². The first-order chi connectivity index (χ1) is 25.4. The van der Waals surface area contributed by atoms with E-state index in [1.807, 2.05) is 0 Å². The number of rotatable bonds is 10. The Kier molecular flexibility index (Phi) is 29.3. The van der Waals surface area contributed by atoms with E-state index in [9.17, 15) is 14.4 Å². The summed E-state index contributed by atoms with van der Waals surface area (Å²) in [6.07, 6.45) is 4.03. The van der Waals surface area contributed by atoms with E-state index in [1.165, 1.54) is 13.3 Å². The summed E-state index contributed by atoms with van der Waals surface area (Å²) in [5.41, 5.74) is 3.87. The molecule has 1 N–H and O–H groups in total. The van der Waals surface area contributed by atoms with Gasteiger partial charge in [-0.15, -0.1) is 0 Å². The first-order valence-electron chi connectivity index (χ1n) is 15.1. The number of methoxy groups -OCH3 is 5. The van der Waals surface area contributed by atoms with Gasteiger partial charge in [-0.25, -0.2) is 9.97 Å². The Balaban J connectivity index is -0.000000750. The molecule has 19 heteroatoms. The van der Waals surface area contributed by atoms with Crippen molar-refractivity contribution in [1.29, 1.82) is 0 Å². The number of nitrogens with one attached hydrogen (secondary N) is 1. The van der Waals surface area contributed by atoms with Crippen LogP contribution in [-0.4, -0.2) is 75.9 Å². The SMILES string of the molecule is C.CNc1cc(Cl)ncc1C=O.COC(=O)Cc1cc(OC)cc(OC)c1.COc1cc(OC)cc(-c2cc3cnc(Cl)cc3n(C)c2=O)c1.O=CO[O-].[H-].[K+].[K+]. The number of benzene rings is 2. The molecule has 0 aliphatic heterocycles. The minimum absolute atomic E-state index is 0. The number of nitrogens with zero attached hydrogens (tertiary/aromatic N) is 3. The molecule has 0 radical (unpaired) electrons. The van der Waals surface area contributed by atoms with Gasteiger partial charge in [-0.3, -0.25) is 19.2 Å². The molecular weight excluding hydrogens is 826 g/mol. The zero-order valence-corrected chi connectivity index (χ0v) is 39.6. The Labute approximate surface area is 421 Å². The fraction of sp³-hybridized carbons (Fsp3) is 0.243. The predicted molar refractivity (Wildman–Crippen MR) is 205 cm³/mol. The molecule has 0 unspecified atom stereocenters. The number of hydrogen-bond acceptors (Lipinski definition) is 14. The van der Waals surface area contributed by atoms with E-state index < -0.39 is 0 Å². The minimum Gasteiger partial charge on any atom is -1.00 e. The van der Waals surface area contributed by atoms with Crippen LogP contribution < -0.4 is 138 Å². The van der Waals surface area contributed by atoms with Gasteiger partial charge in [0.15, 0.2) is 6.29 Å². The molecule has 0 spiro atoms. The van der Waals surface area contributed by atoms with Crippen LogP contribution in [0.3, 0.4) is 0 Å². The summed E-state index contributed by atoms with van der Waals surface area (Å²) in [6, 6.07) is 15.7. The normalized spacial score (nSPS) is 9.18. The molecular formula is C37H42Cl2K2N4O11. The smallest absolute Gasteiger partial charge is 1.00 e. The van der Waals surface area contributed by atoms with Gasteiger partial charge in [-0.1, -0.05) is 30.6 Å². The maximum Gasteiger partial charge on any atom is 1.00 e. The quantitative estimate of drug-likeness (QED) is 0.0471. The van der Waals surface area contributed by atoms with Gasteiger partial charge < -0.3 is 45.1 Å². The van der Waals surface area contributed by atoms with Crippen molar-refractivity contribution in [2.45, 2.75) is 13.8 Å². The molecule has 2 aromatic carbocycles. The number of aldehydes is 1. The molecule has 0 aliphatic carbocycles. The number of pyridine rings is 3. The number of aryl methyl sites for hydroxylation is 1. The molecule has 0 bridgehead atoms. The van der Waals surface area contributed by atoms with Crippen LogP contribution in [0.2, 0.25) is 10.3 Å². The Hall–Kier alpha value is -2.63. The van der Waals surface area contributed by atoms with Gasteiger partial charge >= 0.3 is 109 Å². The first kappa shape index (κ1) is 55.5. The first-order valence-corrected chi connectivity index (χ1v) is 15.9. The van der Waals surface area contributed by atoms with Gasteiger partial charge in [0.2, 0.25) is 0 Å². The van der Waals surface area contributed by atoms with Crippen LogP contribution in [0, 0.1) is 0 Å². The van der Waals surface area contributed by atoms with Gasteiger partial charge in [-0.05, 0) is 53.6 Å². The van der Waals surface area contributed by atoms with Crippen molar-refractivity contribution in [3.63, 3.8) is 0 Å². The average molecular weight is 868 g/mol. The van der Waals surface area contributed by atoms with Crippen LogP contribution in [0.4, 0.5) is 5.69 Å². The Bertz CT molecular complexity index is 2040. The van der Waals surface area contributed by atoms with Gasteiger partial charge in [0, 0.05) is 55.3 Å². The maximum atomic E-state index is 12.7. The van der Waals surface area contributed by atoms with E-state index in [2.05, 4.69) is 24.9 Å². The molecule has 292 valence electrons. The molecule has 0 saturated carbocycles. The van der Waals surface area contributed by atoms with Crippen molar-refractivity contribution in [3.05, 3.63) is 98.8 Å². The monoisotopic (exact) mass is 866 g/mol. The molecule has 3 heterocycles. The van der Waals surface area contributed by atoms with Crippen LogP contribution in [0.25, 0.3) is 22.0 Å². The van der Waals surface area contributed by atoms with Crippen LogP contribution in [0.5, 0.6) is 23.0 Å². The molecule has 3 aromatic heterocycles. The molecule has 15 nitrogen and oxygen atoms in total. The van der Waals surface area contributed by atoms with Crippen LogP contribution in [0.1, 0.15) is 24.8 Å². The molecule has 0 aliphatic rings. The second kappa shape index (κ2) is 29.6. The molecule has 0 atom stereocenters. The summed E-state index contributed by atoms with van der Waals surface area (Å²) < 4.78 is 26.8. The Morgan fingerprint density at radius 2 is 1.30 bits per heavy atom. The van der Waals surface area contributed by atoms with Crippen molar-refractivity contribution in [2.75, 3.05) is 47.9 Å². The number of ether oxygens (including phenoxy) is 5. The molecule has 0 fully saturated rings. The molecule has 0 saturated heterocycles. The van der Waals surface area contributed by atoms with E-state index in [-0.39, 0.29) is 136 Å². The summed E-state index contributed by atoms with van der Waals surface area (Å²) in [5.74, 6) is 2.28. The Morgan fingerprint density at radius 3 is 1.75 bits per heavy atom. The van der Waals surface area contributed by atoms with Gasteiger partial charge in [0.25, 0.3) is 12.0 Å².